The van der Waals surface area contributed by atoms with Gasteiger partial charge in [-0.25, -0.2) is 19.7 Å². The Morgan fingerprint density at radius 1 is 0.962 bits per heavy atom. The first-order valence-electron chi connectivity index (χ1n) is 17.6. The lowest BCUT2D eigenvalue weighted by atomic mass is 9.81. The van der Waals surface area contributed by atoms with E-state index >= 15 is 0 Å². The van der Waals surface area contributed by atoms with Crippen molar-refractivity contribution in [2.75, 3.05) is 43.7 Å². The number of aryl methyl sites for hydroxylation is 2. The minimum atomic E-state index is -4.40. The van der Waals surface area contributed by atoms with Crippen molar-refractivity contribution in [2.45, 2.75) is 91.5 Å². The largest absolute Gasteiger partial charge is 0.486 e. The average Bonchev–Trinajstić information content (AvgIpc) is 3.83. The number of azo groups is 2. The second-order valence-electron chi connectivity index (χ2n) is 13.8. The lowest BCUT2D eigenvalue weighted by Gasteiger charge is -2.37. The summed E-state index contributed by atoms with van der Waals surface area (Å²) in [7, 11) is 3.07. The summed E-state index contributed by atoms with van der Waals surface area (Å²) in [5.41, 5.74) is 11.1. The predicted molar refractivity (Wildman–Crippen MR) is 203 cm³/mol. The molecule has 4 aromatic rings. The maximum absolute atomic E-state index is 12.7. The number of anilines is 2. The highest BCUT2D eigenvalue weighted by molar-refractivity contribution is 7.17. The molecule has 1 unspecified atom stereocenters. The third-order valence-electron chi connectivity index (χ3n) is 10.4. The number of rotatable bonds is 9. The SMILES string of the molecule is CCN1c2cc(C)c(N=Nc3ncc(C(F)(F)F)s3)cc2C(C)(C)C1C.COOCc1nc(N=Nc2cc3c4c(c2C)CCCN4CCC3)sc1OC. The van der Waals surface area contributed by atoms with Gasteiger partial charge in [-0.3, -0.25) is 0 Å². The summed E-state index contributed by atoms with van der Waals surface area (Å²) in [6.45, 7) is 16.3. The van der Waals surface area contributed by atoms with Gasteiger partial charge in [0.1, 0.15) is 17.2 Å². The number of benzene rings is 2. The number of alkyl halides is 3. The van der Waals surface area contributed by atoms with Crippen LogP contribution in [0.5, 0.6) is 5.06 Å². The fourth-order valence-corrected chi connectivity index (χ4v) is 8.60. The standard InChI is InChI=1S/C19H24N4O3S.C18H21F3N4S/c1-12-14-7-5-9-23-8-4-6-13(17(14)23)10-15(12)21-22-19-20-16(11-26-25-3)18(24-2)27-19;1-6-25-11(3)17(4,5)12-8-13(10(2)7-14(12)25)23-24-16-22-9-15(26-16)18(19,20)21/h10H,4-9,11H2,1-3H3;7-9,11H,6H2,1-5H3. The second kappa shape index (κ2) is 15.8. The summed E-state index contributed by atoms with van der Waals surface area (Å²) in [5.74, 6) is 0. The molecule has 0 spiro atoms. The van der Waals surface area contributed by atoms with Crippen molar-refractivity contribution in [1.29, 1.82) is 0 Å². The van der Waals surface area contributed by atoms with Crippen LogP contribution in [-0.4, -0.2) is 49.9 Å². The molecule has 0 aliphatic carbocycles. The number of ether oxygens (including phenoxy) is 1. The molecular weight excluding hydrogens is 726 g/mol. The Bertz CT molecular complexity index is 2010. The van der Waals surface area contributed by atoms with Crippen LogP contribution in [0.15, 0.2) is 44.9 Å². The molecule has 284 valence electrons. The molecular formula is C37H45F3N8O3S2. The van der Waals surface area contributed by atoms with Crippen LogP contribution in [0, 0.1) is 13.8 Å². The minimum absolute atomic E-state index is 0.0000338. The van der Waals surface area contributed by atoms with E-state index in [1.807, 2.05) is 13.0 Å². The molecule has 0 saturated heterocycles. The topological polar surface area (TPSA) is 109 Å². The zero-order valence-electron chi connectivity index (χ0n) is 31.3. The Balaban J connectivity index is 0.000000182. The van der Waals surface area contributed by atoms with E-state index in [2.05, 4.69) is 91.9 Å². The van der Waals surface area contributed by atoms with Gasteiger partial charge in [0.05, 0.1) is 31.8 Å². The fourth-order valence-electron chi connectivity index (χ4n) is 7.28. The van der Waals surface area contributed by atoms with E-state index in [-0.39, 0.29) is 17.2 Å². The first-order valence-corrected chi connectivity index (χ1v) is 19.3. The van der Waals surface area contributed by atoms with Gasteiger partial charge >= 0.3 is 6.18 Å². The van der Waals surface area contributed by atoms with Crippen molar-refractivity contribution >= 4 is 55.7 Å². The van der Waals surface area contributed by atoms with E-state index in [1.54, 1.807) is 7.11 Å². The van der Waals surface area contributed by atoms with Crippen LogP contribution in [0.2, 0.25) is 0 Å². The van der Waals surface area contributed by atoms with Crippen molar-refractivity contribution in [3.63, 3.8) is 0 Å². The zero-order valence-corrected chi connectivity index (χ0v) is 32.9. The van der Waals surface area contributed by atoms with Crippen molar-refractivity contribution in [3.8, 4) is 5.06 Å². The fraction of sp³-hybridized carbons (Fsp3) is 0.514. The third-order valence-corrected chi connectivity index (χ3v) is 12.2. The molecule has 3 aliphatic rings. The Morgan fingerprint density at radius 3 is 2.36 bits per heavy atom. The number of thiazole rings is 2. The van der Waals surface area contributed by atoms with Gasteiger partial charge in [-0.2, -0.15) is 13.2 Å². The minimum Gasteiger partial charge on any atom is -0.486 e. The lowest BCUT2D eigenvalue weighted by Crippen LogP contribution is -2.38. The van der Waals surface area contributed by atoms with Gasteiger partial charge in [-0.05, 0) is 99.4 Å². The van der Waals surface area contributed by atoms with Gasteiger partial charge < -0.3 is 14.5 Å². The average molecular weight is 771 g/mol. The van der Waals surface area contributed by atoms with Crippen LogP contribution >= 0.6 is 22.7 Å². The van der Waals surface area contributed by atoms with Gasteiger partial charge in [0.15, 0.2) is 0 Å². The van der Waals surface area contributed by atoms with Gasteiger partial charge in [0, 0.05) is 42.5 Å². The highest BCUT2D eigenvalue weighted by Crippen LogP contribution is 2.48. The van der Waals surface area contributed by atoms with E-state index in [4.69, 9.17) is 9.62 Å². The summed E-state index contributed by atoms with van der Waals surface area (Å²) in [4.78, 5) is 21.9. The number of aromatic nitrogens is 2. The maximum atomic E-state index is 12.7. The molecule has 16 heteroatoms. The first-order chi connectivity index (χ1) is 25.3. The Kier molecular flexibility index (Phi) is 11.5. The molecule has 0 saturated carbocycles. The zero-order chi connectivity index (χ0) is 38.1. The summed E-state index contributed by atoms with van der Waals surface area (Å²) >= 11 is 1.84. The Labute approximate surface area is 315 Å². The van der Waals surface area contributed by atoms with E-state index in [0.717, 1.165) is 36.8 Å². The normalized spacial score (nSPS) is 17.7. The maximum Gasteiger partial charge on any atom is 0.427 e. The van der Waals surface area contributed by atoms with Gasteiger partial charge in [0.25, 0.3) is 0 Å². The van der Waals surface area contributed by atoms with Crippen molar-refractivity contribution in [3.05, 3.63) is 62.8 Å². The number of halogens is 3. The van der Waals surface area contributed by atoms with Crippen LogP contribution in [0.25, 0.3) is 0 Å². The molecule has 0 radical (unpaired) electrons. The summed E-state index contributed by atoms with van der Waals surface area (Å²) in [6.07, 6.45) is 1.04. The van der Waals surface area contributed by atoms with Gasteiger partial charge in [-0.15, -0.1) is 20.5 Å². The molecule has 5 heterocycles. The molecule has 2 aromatic carbocycles. The summed E-state index contributed by atoms with van der Waals surface area (Å²) in [6, 6.07) is 6.64. The van der Waals surface area contributed by atoms with E-state index < -0.39 is 11.1 Å². The predicted octanol–water partition coefficient (Wildman–Crippen LogP) is 11.0. The highest BCUT2D eigenvalue weighted by Gasteiger charge is 2.41. The molecule has 2 aromatic heterocycles. The molecule has 0 N–H and O–H groups in total. The van der Waals surface area contributed by atoms with Gasteiger partial charge in [-0.1, -0.05) is 36.5 Å². The van der Waals surface area contributed by atoms with Crippen molar-refractivity contribution in [2.24, 2.45) is 20.5 Å². The molecule has 3 aliphatic heterocycles. The number of likely N-dealkylation sites (N-methyl/N-ethyl adjacent to an activating group) is 1. The molecule has 7 rings (SSSR count). The van der Waals surface area contributed by atoms with Crippen LogP contribution in [-0.2, 0) is 40.8 Å². The quantitative estimate of drug-likeness (QED) is 0.0947. The molecule has 1 atom stereocenters. The van der Waals surface area contributed by atoms with E-state index in [0.29, 0.717) is 39.0 Å². The number of methoxy groups -OCH3 is 1. The molecule has 11 nitrogen and oxygen atoms in total. The van der Waals surface area contributed by atoms with Crippen LogP contribution in [0.1, 0.15) is 78.9 Å². The van der Waals surface area contributed by atoms with Crippen LogP contribution in [0.4, 0.5) is 46.2 Å². The number of hydrogen-bond donors (Lipinski definition) is 0. The smallest absolute Gasteiger partial charge is 0.427 e. The highest BCUT2D eigenvalue weighted by atomic mass is 32.1. The third kappa shape index (κ3) is 7.96. The molecule has 0 fully saturated rings. The number of fused-ring (bicyclic) bond motifs is 1. The number of nitrogens with zero attached hydrogens (tertiary/aromatic N) is 8. The Morgan fingerprint density at radius 2 is 1.68 bits per heavy atom. The lowest BCUT2D eigenvalue weighted by molar-refractivity contribution is -0.282. The van der Waals surface area contributed by atoms with E-state index in [1.165, 1.54) is 78.0 Å². The Hall–Kier alpha value is -3.99. The summed E-state index contributed by atoms with van der Waals surface area (Å²) in [5, 5.41) is 18.2. The summed E-state index contributed by atoms with van der Waals surface area (Å²) < 4.78 is 43.3. The van der Waals surface area contributed by atoms with Crippen LogP contribution in [0.3, 0.4) is 0 Å². The van der Waals surface area contributed by atoms with Crippen molar-refractivity contribution in [1.82, 2.24) is 9.97 Å². The van der Waals surface area contributed by atoms with Gasteiger partial charge in [0.2, 0.25) is 15.3 Å². The van der Waals surface area contributed by atoms with Crippen molar-refractivity contribution < 1.29 is 27.7 Å². The molecule has 0 bridgehead atoms. The monoisotopic (exact) mass is 770 g/mol. The number of hydrogen-bond acceptors (Lipinski definition) is 13. The van der Waals surface area contributed by atoms with Crippen LogP contribution < -0.4 is 14.5 Å². The second-order valence-corrected chi connectivity index (χ2v) is 15.8. The molecule has 0 amide bonds. The molecule has 53 heavy (non-hydrogen) atoms. The van der Waals surface area contributed by atoms with E-state index in [9.17, 15) is 13.2 Å². The first kappa shape index (κ1) is 38.7.